The lowest BCUT2D eigenvalue weighted by Crippen LogP contribution is -2.37. The van der Waals surface area contributed by atoms with E-state index in [0.29, 0.717) is 25.3 Å². The van der Waals surface area contributed by atoms with E-state index in [1.165, 1.54) is 17.7 Å². The summed E-state index contributed by atoms with van der Waals surface area (Å²) >= 11 is 1.68. The van der Waals surface area contributed by atoms with Crippen molar-refractivity contribution in [2.75, 3.05) is 19.8 Å². The number of carbonyl (C=O) groups is 1. The van der Waals surface area contributed by atoms with E-state index in [9.17, 15) is 9.18 Å². The SMILES string of the molecule is O=C(c1cccc(F)c1)N(Cc1cccc(OCCc2ccsc2)c1)CC1CCCO1. The lowest BCUT2D eigenvalue weighted by molar-refractivity contribution is 0.0507. The standard InChI is InChI=1S/C25H26FNO3S/c26-22-6-2-5-21(15-22)25(28)27(17-24-8-3-11-29-24)16-20-4-1-7-23(14-20)30-12-9-19-10-13-31-18-19/h1-2,4-7,10,13-15,18,24H,3,8-9,11-12,16-17H2. The summed E-state index contributed by atoms with van der Waals surface area (Å²) in [6.45, 7) is 2.22. The molecule has 4 rings (SSSR count). The van der Waals surface area contributed by atoms with Crippen molar-refractivity contribution in [2.24, 2.45) is 0 Å². The third kappa shape index (κ3) is 6.15. The molecule has 6 heteroatoms. The van der Waals surface area contributed by atoms with Gasteiger partial charge in [-0.1, -0.05) is 18.2 Å². The molecule has 31 heavy (non-hydrogen) atoms. The Balaban J connectivity index is 1.44. The van der Waals surface area contributed by atoms with Gasteiger partial charge in [0.05, 0.1) is 12.7 Å². The van der Waals surface area contributed by atoms with Crippen LogP contribution >= 0.6 is 11.3 Å². The van der Waals surface area contributed by atoms with Crippen LogP contribution in [0.5, 0.6) is 5.75 Å². The molecule has 0 N–H and O–H groups in total. The Morgan fingerprint density at radius 1 is 1.16 bits per heavy atom. The van der Waals surface area contributed by atoms with Crippen LogP contribution in [-0.2, 0) is 17.7 Å². The number of benzene rings is 2. The minimum atomic E-state index is -0.413. The largest absolute Gasteiger partial charge is 0.493 e. The number of hydrogen-bond acceptors (Lipinski definition) is 4. The molecular formula is C25H26FNO3S. The highest BCUT2D eigenvalue weighted by Crippen LogP contribution is 2.20. The number of thiophene rings is 1. The van der Waals surface area contributed by atoms with Gasteiger partial charge >= 0.3 is 0 Å². The van der Waals surface area contributed by atoms with E-state index in [4.69, 9.17) is 9.47 Å². The predicted molar refractivity (Wildman–Crippen MR) is 120 cm³/mol. The fourth-order valence-electron chi connectivity index (χ4n) is 3.73. The zero-order valence-electron chi connectivity index (χ0n) is 17.3. The quantitative estimate of drug-likeness (QED) is 0.452. The molecule has 1 aliphatic heterocycles. The van der Waals surface area contributed by atoms with E-state index in [-0.39, 0.29) is 12.0 Å². The van der Waals surface area contributed by atoms with Crippen molar-refractivity contribution >= 4 is 17.2 Å². The monoisotopic (exact) mass is 439 g/mol. The van der Waals surface area contributed by atoms with Crippen LogP contribution in [0.25, 0.3) is 0 Å². The average molecular weight is 440 g/mol. The van der Waals surface area contributed by atoms with Gasteiger partial charge in [-0.3, -0.25) is 4.79 Å². The van der Waals surface area contributed by atoms with Gasteiger partial charge in [-0.05, 0) is 71.1 Å². The lowest BCUT2D eigenvalue weighted by Gasteiger charge is -2.26. The van der Waals surface area contributed by atoms with Gasteiger partial charge in [-0.25, -0.2) is 4.39 Å². The molecule has 0 radical (unpaired) electrons. The predicted octanol–water partition coefficient (Wildman–Crippen LogP) is 5.33. The van der Waals surface area contributed by atoms with Crippen LogP contribution < -0.4 is 4.74 Å². The Kier molecular flexibility index (Phi) is 7.33. The summed E-state index contributed by atoms with van der Waals surface area (Å²) in [6, 6.07) is 15.8. The molecular weight excluding hydrogens is 413 g/mol. The van der Waals surface area contributed by atoms with E-state index in [0.717, 1.165) is 37.2 Å². The van der Waals surface area contributed by atoms with Crippen LogP contribution in [0.3, 0.4) is 0 Å². The Morgan fingerprint density at radius 3 is 2.84 bits per heavy atom. The summed E-state index contributed by atoms with van der Waals surface area (Å²) in [4.78, 5) is 14.9. The second kappa shape index (κ2) is 10.6. The zero-order valence-corrected chi connectivity index (χ0v) is 18.2. The maximum atomic E-state index is 13.7. The van der Waals surface area contributed by atoms with E-state index in [2.05, 4.69) is 16.8 Å². The number of carbonyl (C=O) groups excluding carboxylic acids is 1. The number of ether oxygens (including phenoxy) is 2. The molecule has 1 atom stereocenters. The fraction of sp³-hybridized carbons (Fsp3) is 0.320. The van der Waals surface area contributed by atoms with Gasteiger partial charge in [0.25, 0.3) is 5.91 Å². The minimum absolute atomic E-state index is 0.0163. The van der Waals surface area contributed by atoms with Crippen molar-refractivity contribution < 1.29 is 18.7 Å². The van der Waals surface area contributed by atoms with Crippen LogP contribution in [0.4, 0.5) is 4.39 Å². The van der Waals surface area contributed by atoms with Crippen LogP contribution in [0.1, 0.15) is 34.3 Å². The normalized spacial score (nSPS) is 15.7. The van der Waals surface area contributed by atoms with Crippen molar-refractivity contribution in [3.63, 3.8) is 0 Å². The molecule has 2 aromatic carbocycles. The van der Waals surface area contributed by atoms with Crippen molar-refractivity contribution in [1.29, 1.82) is 0 Å². The first-order valence-electron chi connectivity index (χ1n) is 10.6. The Morgan fingerprint density at radius 2 is 2.06 bits per heavy atom. The van der Waals surface area contributed by atoms with Gasteiger partial charge in [-0.2, -0.15) is 11.3 Å². The van der Waals surface area contributed by atoms with Crippen molar-refractivity contribution in [1.82, 2.24) is 4.90 Å². The molecule has 4 nitrogen and oxygen atoms in total. The van der Waals surface area contributed by atoms with Gasteiger partial charge in [0.15, 0.2) is 0 Å². The smallest absolute Gasteiger partial charge is 0.254 e. The Bertz CT molecular complexity index is 986. The number of amides is 1. The van der Waals surface area contributed by atoms with Gasteiger partial charge in [0.1, 0.15) is 11.6 Å². The van der Waals surface area contributed by atoms with E-state index in [1.807, 2.05) is 24.3 Å². The molecule has 1 aromatic heterocycles. The van der Waals surface area contributed by atoms with Crippen LogP contribution in [0.15, 0.2) is 65.4 Å². The summed E-state index contributed by atoms with van der Waals surface area (Å²) in [5.41, 5.74) is 2.58. The molecule has 1 aliphatic rings. The minimum Gasteiger partial charge on any atom is -0.493 e. The Labute approximate surface area is 186 Å². The molecule has 1 fully saturated rings. The first-order valence-corrected chi connectivity index (χ1v) is 11.5. The zero-order chi connectivity index (χ0) is 21.5. The van der Waals surface area contributed by atoms with Crippen molar-refractivity contribution in [2.45, 2.75) is 31.9 Å². The number of halogens is 1. The second-order valence-corrected chi connectivity index (χ2v) is 8.49. The summed E-state index contributed by atoms with van der Waals surface area (Å²) in [5, 5.41) is 4.19. The molecule has 3 aromatic rings. The summed E-state index contributed by atoms with van der Waals surface area (Å²) in [5.74, 6) is 0.172. The van der Waals surface area contributed by atoms with Crippen LogP contribution in [0.2, 0.25) is 0 Å². The first-order chi connectivity index (χ1) is 15.2. The topological polar surface area (TPSA) is 38.8 Å². The van der Waals surface area contributed by atoms with Crippen molar-refractivity contribution in [3.05, 3.63) is 87.9 Å². The highest BCUT2D eigenvalue weighted by atomic mass is 32.1. The number of hydrogen-bond donors (Lipinski definition) is 0. The maximum Gasteiger partial charge on any atom is 0.254 e. The highest BCUT2D eigenvalue weighted by molar-refractivity contribution is 7.07. The van der Waals surface area contributed by atoms with Gasteiger partial charge < -0.3 is 14.4 Å². The van der Waals surface area contributed by atoms with E-state index in [1.54, 1.807) is 28.4 Å². The Hall–Kier alpha value is -2.70. The molecule has 2 heterocycles. The maximum absolute atomic E-state index is 13.7. The van der Waals surface area contributed by atoms with Gasteiger partial charge in [0, 0.05) is 31.7 Å². The summed E-state index contributed by atoms with van der Waals surface area (Å²) in [7, 11) is 0. The molecule has 1 amide bonds. The van der Waals surface area contributed by atoms with Crippen molar-refractivity contribution in [3.8, 4) is 5.75 Å². The highest BCUT2D eigenvalue weighted by Gasteiger charge is 2.24. The first kappa shape index (κ1) is 21.5. The van der Waals surface area contributed by atoms with E-state index < -0.39 is 5.82 Å². The number of rotatable bonds is 9. The number of nitrogens with zero attached hydrogens (tertiary/aromatic N) is 1. The van der Waals surface area contributed by atoms with Crippen LogP contribution in [0, 0.1) is 5.82 Å². The molecule has 0 spiro atoms. The lowest BCUT2D eigenvalue weighted by atomic mass is 10.1. The van der Waals surface area contributed by atoms with E-state index >= 15 is 0 Å². The third-order valence-electron chi connectivity index (χ3n) is 5.32. The molecule has 0 aliphatic carbocycles. The molecule has 1 saturated heterocycles. The molecule has 162 valence electrons. The van der Waals surface area contributed by atoms with Gasteiger partial charge in [0.2, 0.25) is 0 Å². The third-order valence-corrected chi connectivity index (χ3v) is 6.05. The summed E-state index contributed by atoms with van der Waals surface area (Å²) in [6.07, 6.45) is 2.80. The second-order valence-electron chi connectivity index (χ2n) is 7.71. The molecule has 1 unspecified atom stereocenters. The average Bonchev–Trinajstić information content (AvgIpc) is 3.47. The molecule has 0 saturated carbocycles. The fourth-order valence-corrected chi connectivity index (χ4v) is 4.44. The van der Waals surface area contributed by atoms with Gasteiger partial charge in [-0.15, -0.1) is 0 Å². The molecule has 0 bridgehead atoms. The summed E-state index contributed by atoms with van der Waals surface area (Å²) < 4.78 is 25.4. The van der Waals surface area contributed by atoms with Crippen LogP contribution in [-0.4, -0.2) is 36.7 Å².